The number of ketones is 1. The van der Waals surface area contributed by atoms with Crippen molar-refractivity contribution >= 4 is 23.7 Å². The number of hydrogen-bond donors (Lipinski definition) is 0. The predicted molar refractivity (Wildman–Crippen MR) is 302 cm³/mol. The summed E-state index contributed by atoms with van der Waals surface area (Å²) in [6, 6.07) is 47.6. The number of hydrogen-bond acceptors (Lipinski definition) is 9. The van der Waals surface area contributed by atoms with Crippen LogP contribution in [0.5, 0.6) is 34.5 Å². The minimum atomic E-state index is -0.852. The maximum absolute atomic E-state index is 13.9. The third kappa shape index (κ3) is 10.3. The van der Waals surface area contributed by atoms with Gasteiger partial charge in [0.1, 0.15) is 34.5 Å². The van der Waals surface area contributed by atoms with Crippen molar-refractivity contribution in [3.8, 4) is 80.4 Å². The van der Waals surface area contributed by atoms with Gasteiger partial charge in [-0.05, 0) is 175 Å². The van der Waals surface area contributed by atoms with Gasteiger partial charge in [-0.15, -0.1) is 0 Å². The minimum absolute atomic E-state index is 0.0859. The van der Waals surface area contributed by atoms with Crippen molar-refractivity contribution in [3.63, 3.8) is 0 Å². The Hall–Kier alpha value is -9.44. The summed E-state index contributed by atoms with van der Waals surface area (Å²) in [7, 11) is 1.63. The molecule has 1 heterocycles. The lowest BCUT2D eigenvalue weighted by Crippen LogP contribution is -2.32. The molecule has 10 rings (SSSR count). The van der Waals surface area contributed by atoms with Gasteiger partial charge >= 0.3 is 17.9 Å². The Bertz CT molecular complexity index is 3750. The van der Waals surface area contributed by atoms with Crippen LogP contribution in [0.15, 0.2) is 158 Å². The molecule has 0 aromatic heterocycles. The zero-order valence-electron chi connectivity index (χ0n) is 44.4. The zero-order valence-corrected chi connectivity index (χ0v) is 44.4. The quantitative estimate of drug-likeness (QED) is 0.0366. The molecule has 2 aliphatic rings. The average Bonchev–Trinajstić information content (AvgIpc) is 3.91. The van der Waals surface area contributed by atoms with Crippen LogP contribution in [0.2, 0.25) is 0 Å². The normalized spacial score (nSPS) is 12.0. The lowest BCUT2D eigenvalue weighted by molar-refractivity contribution is 0.0720. The van der Waals surface area contributed by atoms with Gasteiger partial charge in [-0.2, -0.15) is 0 Å². The Balaban J connectivity index is 0.878. The Morgan fingerprint density at radius 2 is 0.833 bits per heavy atom. The highest BCUT2D eigenvalue weighted by Gasteiger charge is 2.51. The maximum Gasteiger partial charge on any atom is 0.343 e. The fourth-order valence-corrected chi connectivity index (χ4v) is 10.3. The van der Waals surface area contributed by atoms with Gasteiger partial charge < -0.3 is 23.7 Å². The van der Waals surface area contributed by atoms with E-state index in [-0.39, 0.29) is 22.7 Å². The van der Waals surface area contributed by atoms with Gasteiger partial charge in [-0.3, -0.25) is 4.79 Å². The number of aryl methyl sites for hydroxylation is 2. The highest BCUT2D eigenvalue weighted by atomic mass is 16.5. The van der Waals surface area contributed by atoms with E-state index in [2.05, 4.69) is 80.0 Å². The molecule has 78 heavy (non-hydrogen) atoms. The molecule has 8 aromatic rings. The van der Waals surface area contributed by atoms with Crippen molar-refractivity contribution in [2.75, 3.05) is 7.11 Å². The third-order valence-electron chi connectivity index (χ3n) is 14.3. The van der Waals surface area contributed by atoms with Gasteiger partial charge in [0.15, 0.2) is 5.78 Å². The Morgan fingerprint density at radius 3 is 1.24 bits per heavy atom. The predicted octanol–water partition coefficient (Wildman–Crippen LogP) is 15.4. The summed E-state index contributed by atoms with van der Waals surface area (Å²) in [5, 5.41) is 0. The second-order valence-corrected chi connectivity index (χ2v) is 19.5. The zero-order chi connectivity index (χ0) is 54.5. The van der Waals surface area contributed by atoms with Crippen molar-refractivity contribution < 1.29 is 42.9 Å². The van der Waals surface area contributed by atoms with Gasteiger partial charge in [0, 0.05) is 52.8 Å². The van der Waals surface area contributed by atoms with Gasteiger partial charge in [0.25, 0.3) is 0 Å². The monoisotopic (exact) mass is 1030 g/mol. The summed E-state index contributed by atoms with van der Waals surface area (Å²) in [6.45, 7) is 9.64. The van der Waals surface area contributed by atoms with Crippen molar-refractivity contribution in [1.29, 1.82) is 0 Å². The number of benzene rings is 8. The van der Waals surface area contributed by atoms with Crippen LogP contribution in [0.25, 0.3) is 22.3 Å². The van der Waals surface area contributed by atoms with E-state index in [1.807, 2.05) is 44.2 Å². The van der Waals surface area contributed by atoms with E-state index in [0.717, 1.165) is 105 Å². The number of fused-ring (bicyclic) bond motifs is 9. The molecule has 0 N–H and O–H groups in total. The van der Waals surface area contributed by atoms with Crippen molar-refractivity contribution in [2.24, 2.45) is 0 Å². The third-order valence-corrected chi connectivity index (χ3v) is 14.3. The Kier molecular flexibility index (Phi) is 14.9. The summed E-state index contributed by atoms with van der Waals surface area (Å²) < 4.78 is 30.0. The van der Waals surface area contributed by atoms with Gasteiger partial charge in [-0.25, -0.2) is 14.4 Å². The standard InChI is InChI=1S/C69H56O9/c1-7-9-11-13-15-46-17-31-58-59-32-18-47(16-14-12-10-8-2)40-63(59)69(62(58)39-46)60-35-29-52(74-6)41-64(60)78-65-42-55(30-36-61(65)69)77-68(73)51-25-23-50(24-26-51)67(72)76-54-28-34-57(44(4)38-54)56-33-27-53(37-43(56)3)75-66(71)49-21-19-48(20-22-49)45(5)70/h17-42H,7-12H2,1-6H3. The molecule has 8 aromatic carbocycles. The van der Waals surface area contributed by atoms with Crippen molar-refractivity contribution in [1.82, 2.24) is 0 Å². The molecule has 1 spiro atoms. The molecule has 0 bridgehead atoms. The van der Waals surface area contributed by atoms with E-state index in [4.69, 9.17) is 23.7 Å². The molecular weight excluding hydrogens is 973 g/mol. The maximum atomic E-state index is 13.9. The van der Waals surface area contributed by atoms with E-state index in [1.54, 1.807) is 67.8 Å². The fraction of sp³-hybridized carbons (Fsp3) is 0.188. The van der Waals surface area contributed by atoms with Crippen LogP contribution in [0.3, 0.4) is 0 Å². The molecule has 0 unspecified atom stereocenters. The van der Waals surface area contributed by atoms with Crippen molar-refractivity contribution in [3.05, 3.63) is 224 Å². The summed E-state index contributed by atoms with van der Waals surface area (Å²) in [5.41, 5.74) is 12.0. The van der Waals surface area contributed by atoms with Crippen LogP contribution in [0.1, 0.15) is 145 Å². The molecular formula is C69H56O9. The first-order valence-corrected chi connectivity index (χ1v) is 26.3. The SMILES string of the molecule is CCCCC#Cc1ccc2c(c1)C1(c3ccc(OC)cc3Oc3cc(OC(=O)c4ccc(C(=O)Oc5ccc(-c6ccc(OC(=O)c7ccc(C(C)=O)cc7)cc6C)c(C)c5)cc4)ccc31)c1cc(C#CCCCC)ccc1-2. The van der Waals surface area contributed by atoms with Gasteiger partial charge in [0.2, 0.25) is 0 Å². The number of carbonyl (C=O) groups excluding carboxylic acids is 4. The first-order chi connectivity index (χ1) is 37.9. The van der Waals surface area contributed by atoms with E-state index in [9.17, 15) is 19.2 Å². The number of methoxy groups -OCH3 is 1. The van der Waals surface area contributed by atoms with E-state index >= 15 is 0 Å². The number of rotatable bonds is 13. The number of unbranched alkanes of at least 4 members (excludes halogenated alkanes) is 4. The smallest absolute Gasteiger partial charge is 0.343 e. The summed E-state index contributed by atoms with van der Waals surface area (Å²) in [4.78, 5) is 51.8. The topological polar surface area (TPSA) is 114 Å². The molecule has 9 nitrogen and oxygen atoms in total. The van der Waals surface area contributed by atoms with Gasteiger partial charge in [-0.1, -0.05) is 98.9 Å². The van der Waals surface area contributed by atoms with Crippen LogP contribution in [-0.2, 0) is 5.41 Å². The lowest BCUT2D eigenvalue weighted by Gasteiger charge is -2.39. The number of ether oxygens (including phenoxy) is 5. The fourth-order valence-electron chi connectivity index (χ4n) is 10.3. The van der Waals surface area contributed by atoms with Crippen LogP contribution in [0, 0.1) is 37.5 Å². The molecule has 0 amide bonds. The Morgan fingerprint density at radius 1 is 0.449 bits per heavy atom. The second kappa shape index (κ2) is 22.4. The first kappa shape index (κ1) is 52.0. The molecule has 0 saturated carbocycles. The van der Waals surface area contributed by atoms with Crippen molar-refractivity contribution in [2.45, 2.75) is 78.6 Å². The molecule has 386 valence electrons. The molecule has 0 radical (unpaired) electrons. The largest absolute Gasteiger partial charge is 0.497 e. The summed E-state index contributed by atoms with van der Waals surface area (Å²) in [6.07, 6.45) is 5.85. The summed E-state index contributed by atoms with van der Waals surface area (Å²) in [5.74, 6) is 14.6. The summed E-state index contributed by atoms with van der Waals surface area (Å²) >= 11 is 0. The number of Topliss-reactive ketones (excluding diaryl/α,β-unsaturated/α-hetero) is 1. The molecule has 9 heteroatoms. The molecule has 1 aliphatic heterocycles. The van der Waals surface area contributed by atoms with E-state index < -0.39 is 23.3 Å². The minimum Gasteiger partial charge on any atom is -0.497 e. The lowest BCUT2D eigenvalue weighted by atomic mass is 9.65. The van der Waals surface area contributed by atoms with Crippen LogP contribution in [-0.4, -0.2) is 30.8 Å². The Labute approximate surface area is 455 Å². The average molecular weight is 1030 g/mol. The van der Waals surface area contributed by atoms with Crippen LogP contribution < -0.4 is 23.7 Å². The van der Waals surface area contributed by atoms with Crippen LogP contribution in [0.4, 0.5) is 0 Å². The van der Waals surface area contributed by atoms with Gasteiger partial charge in [0.05, 0.1) is 29.2 Å². The van der Waals surface area contributed by atoms with E-state index in [1.165, 1.54) is 31.2 Å². The van der Waals surface area contributed by atoms with Crippen LogP contribution >= 0.6 is 0 Å². The second-order valence-electron chi connectivity index (χ2n) is 19.5. The number of esters is 3. The molecule has 0 fully saturated rings. The molecule has 1 aliphatic carbocycles. The highest BCUT2D eigenvalue weighted by molar-refractivity contribution is 5.97. The first-order valence-electron chi connectivity index (χ1n) is 26.3. The highest BCUT2D eigenvalue weighted by Crippen LogP contribution is 2.63. The number of carbonyl (C=O) groups is 4. The van der Waals surface area contributed by atoms with E-state index in [0.29, 0.717) is 39.9 Å². The molecule has 0 atom stereocenters. The molecule has 0 saturated heterocycles.